The third-order valence-electron chi connectivity index (χ3n) is 4.06. The van der Waals surface area contributed by atoms with Gasteiger partial charge in [0, 0.05) is 14.1 Å². The van der Waals surface area contributed by atoms with Crippen molar-refractivity contribution in [3.63, 3.8) is 0 Å². The lowest BCUT2D eigenvalue weighted by Gasteiger charge is -2.27. The highest BCUT2D eigenvalue weighted by Gasteiger charge is 2.30. The van der Waals surface area contributed by atoms with Crippen molar-refractivity contribution in [2.24, 2.45) is 5.92 Å². The third kappa shape index (κ3) is 5.24. The zero-order chi connectivity index (χ0) is 21.0. The number of hydrogen-bond acceptors (Lipinski definition) is 6. The zero-order valence-electron chi connectivity index (χ0n) is 15.7. The summed E-state index contributed by atoms with van der Waals surface area (Å²) in [5.41, 5.74) is -1.77. The molecule has 27 heavy (non-hydrogen) atoms. The fourth-order valence-corrected chi connectivity index (χ4v) is 2.80. The second kappa shape index (κ2) is 8.45. The van der Waals surface area contributed by atoms with Crippen LogP contribution in [0.2, 0.25) is 0 Å². The van der Waals surface area contributed by atoms with Gasteiger partial charge in [0.25, 0.3) is 5.91 Å². The Bertz CT molecular complexity index is 877. The summed E-state index contributed by atoms with van der Waals surface area (Å²) in [6, 6.07) is 4.67. The van der Waals surface area contributed by atoms with E-state index in [9.17, 15) is 22.4 Å². The summed E-state index contributed by atoms with van der Waals surface area (Å²) in [5.74, 6) is -3.12. The number of benzene rings is 1. The van der Waals surface area contributed by atoms with Gasteiger partial charge in [-0.15, -0.1) is 0 Å². The number of esters is 1. The third-order valence-corrected chi connectivity index (χ3v) is 5.87. The monoisotopic (exact) mass is 399 g/mol. The summed E-state index contributed by atoms with van der Waals surface area (Å²) in [4.78, 5) is 23.7. The van der Waals surface area contributed by atoms with E-state index in [0.717, 1.165) is 22.5 Å². The summed E-state index contributed by atoms with van der Waals surface area (Å²) in [7, 11) is -1.29. The molecular weight excluding hydrogens is 377 g/mol. The van der Waals surface area contributed by atoms with Crippen molar-refractivity contribution in [3.8, 4) is 6.07 Å². The lowest BCUT2D eigenvalue weighted by Crippen LogP contribution is -2.50. The van der Waals surface area contributed by atoms with Crippen LogP contribution in [-0.4, -0.2) is 50.8 Å². The molecule has 0 aliphatic carbocycles. The predicted octanol–water partition coefficient (Wildman–Crippen LogP) is 1.29. The Labute approximate surface area is 158 Å². The fraction of sp³-hybridized carbons (Fsp3) is 0.471. The van der Waals surface area contributed by atoms with Crippen LogP contribution in [0.5, 0.6) is 0 Å². The van der Waals surface area contributed by atoms with Gasteiger partial charge in [-0.3, -0.25) is 4.79 Å². The van der Waals surface area contributed by atoms with Crippen LogP contribution in [0.25, 0.3) is 0 Å². The van der Waals surface area contributed by atoms with Crippen LogP contribution in [0.3, 0.4) is 0 Å². The maximum Gasteiger partial charge on any atom is 0.341 e. The SMILES string of the molecule is CC(C)[C@](C)(C#N)NC(=O)COC(=O)c1cc(S(=O)(=O)N(C)C)ccc1F. The van der Waals surface area contributed by atoms with Crippen LogP contribution in [0, 0.1) is 23.1 Å². The van der Waals surface area contributed by atoms with Crippen molar-refractivity contribution in [3.05, 3.63) is 29.6 Å². The van der Waals surface area contributed by atoms with Gasteiger partial charge in [0.15, 0.2) is 6.61 Å². The molecule has 0 fully saturated rings. The quantitative estimate of drug-likeness (QED) is 0.691. The molecule has 0 saturated carbocycles. The van der Waals surface area contributed by atoms with Crippen molar-refractivity contribution in [2.45, 2.75) is 31.2 Å². The van der Waals surface area contributed by atoms with Gasteiger partial charge in [-0.05, 0) is 31.0 Å². The van der Waals surface area contributed by atoms with Crippen molar-refractivity contribution < 1.29 is 27.1 Å². The zero-order valence-corrected chi connectivity index (χ0v) is 16.6. The molecule has 10 heteroatoms. The Balaban J connectivity index is 2.93. The first-order valence-corrected chi connectivity index (χ1v) is 9.40. The molecule has 0 bridgehead atoms. The van der Waals surface area contributed by atoms with Crippen LogP contribution in [0.4, 0.5) is 4.39 Å². The Kier molecular flexibility index (Phi) is 7.05. The van der Waals surface area contributed by atoms with E-state index in [1.807, 2.05) is 6.07 Å². The van der Waals surface area contributed by atoms with E-state index in [0.29, 0.717) is 0 Å². The van der Waals surface area contributed by atoms with E-state index >= 15 is 0 Å². The average Bonchev–Trinajstić information content (AvgIpc) is 2.59. The van der Waals surface area contributed by atoms with Gasteiger partial charge in [0.2, 0.25) is 10.0 Å². The molecule has 1 rings (SSSR count). The van der Waals surface area contributed by atoms with Crippen LogP contribution in [0.15, 0.2) is 23.1 Å². The number of carbonyl (C=O) groups excluding carboxylic acids is 2. The van der Waals surface area contributed by atoms with Gasteiger partial charge in [-0.2, -0.15) is 5.26 Å². The Morgan fingerprint density at radius 3 is 2.44 bits per heavy atom. The molecule has 0 aliphatic rings. The smallest absolute Gasteiger partial charge is 0.341 e. The second-order valence-electron chi connectivity index (χ2n) is 6.52. The highest BCUT2D eigenvalue weighted by molar-refractivity contribution is 7.89. The highest BCUT2D eigenvalue weighted by Crippen LogP contribution is 2.19. The molecule has 1 aromatic rings. The number of rotatable bonds is 7. The molecule has 0 aromatic heterocycles. The predicted molar refractivity (Wildman–Crippen MR) is 94.6 cm³/mol. The maximum atomic E-state index is 13.9. The van der Waals surface area contributed by atoms with Crippen molar-refractivity contribution in [2.75, 3.05) is 20.7 Å². The number of nitrogens with zero attached hydrogens (tertiary/aromatic N) is 2. The largest absolute Gasteiger partial charge is 0.452 e. The fourth-order valence-electron chi connectivity index (χ4n) is 1.87. The maximum absolute atomic E-state index is 13.9. The number of nitriles is 1. The molecule has 1 amide bonds. The Morgan fingerprint density at radius 2 is 1.96 bits per heavy atom. The molecule has 0 heterocycles. The summed E-state index contributed by atoms with van der Waals surface area (Å²) in [6.45, 7) is 4.25. The normalized spacial score (nSPS) is 13.7. The van der Waals surface area contributed by atoms with E-state index in [-0.39, 0.29) is 10.8 Å². The number of amides is 1. The lowest BCUT2D eigenvalue weighted by atomic mass is 9.90. The van der Waals surface area contributed by atoms with E-state index in [1.54, 1.807) is 13.8 Å². The first-order chi connectivity index (χ1) is 12.3. The van der Waals surface area contributed by atoms with Crippen molar-refractivity contribution in [1.29, 1.82) is 5.26 Å². The molecule has 0 saturated heterocycles. The molecule has 148 valence electrons. The number of nitrogens with one attached hydrogen (secondary N) is 1. The van der Waals surface area contributed by atoms with Crippen LogP contribution >= 0.6 is 0 Å². The molecule has 1 aromatic carbocycles. The van der Waals surface area contributed by atoms with Crippen molar-refractivity contribution in [1.82, 2.24) is 9.62 Å². The highest BCUT2D eigenvalue weighted by atomic mass is 32.2. The van der Waals surface area contributed by atoms with Gasteiger partial charge in [-0.25, -0.2) is 21.9 Å². The van der Waals surface area contributed by atoms with Crippen LogP contribution in [0.1, 0.15) is 31.1 Å². The first-order valence-electron chi connectivity index (χ1n) is 7.96. The Morgan fingerprint density at radius 1 is 1.37 bits per heavy atom. The van der Waals surface area contributed by atoms with Gasteiger partial charge < -0.3 is 10.1 Å². The molecule has 1 N–H and O–H groups in total. The molecule has 0 aliphatic heterocycles. The topological polar surface area (TPSA) is 117 Å². The van der Waals surface area contributed by atoms with Gasteiger partial charge in [-0.1, -0.05) is 13.8 Å². The molecular formula is C17H22FN3O5S. The average molecular weight is 399 g/mol. The lowest BCUT2D eigenvalue weighted by molar-refractivity contribution is -0.125. The Hall–Kier alpha value is -2.51. The second-order valence-corrected chi connectivity index (χ2v) is 8.67. The van der Waals surface area contributed by atoms with Crippen LogP contribution < -0.4 is 5.32 Å². The summed E-state index contributed by atoms with van der Waals surface area (Å²) in [5, 5.41) is 11.6. The molecule has 0 spiro atoms. The minimum atomic E-state index is -3.87. The number of sulfonamides is 1. The van der Waals surface area contributed by atoms with Gasteiger partial charge >= 0.3 is 5.97 Å². The standard InChI is InChI=1S/C17H22FN3O5S/c1-11(2)17(3,10-19)20-15(22)9-26-16(23)13-8-12(6-7-14(13)18)27(24,25)21(4)5/h6-8,11H,9H2,1-5H3,(H,20,22)/t17-/m0/s1. The van der Waals surface area contributed by atoms with Gasteiger partial charge in [0.05, 0.1) is 16.5 Å². The molecule has 8 nitrogen and oxygen atoms in total. The number of hydrogen-bond donors (Lipinski definition) is 1. The molecule has 0 unspecified atom stereocenters. The van der Waals surface area contributed by atoms with E-state index in [1.165, 1.54) is 21.0 Å². The van der Waals surface area contributed by atoms with E-state index in [2.05, 4.69) is 5.32 Å². The molecule has 0 radical (unpaired) electrons. The van der Waals surface area contributed by atoms with Gasteiger partial charge in [0.1, 0.15) is 11.4 Å². The minimum Gasteiger partial charge on any atom is -0.452 e. The van der Waals surface area contributed by atoms with E-state index in [4.69, 9.17) is 10.00 Å². The van der Waals surface area contributed by atoms with Crippen LogP contribution in [-0.2, 0) is 19.6 Å². The van der Waals surface area contributed by atoms with Crippen molar-refractivity contribution >= 4 is 21.9 Å². The first kappa shape index (κ1) is 22.5. The van der Waals surface area contributed by atoms with E-state index < -0.39 is 45.4 Å². The number of halogens is 1. The molecule has 1 atom stereocenters. The minimum absolute atomic E-state index is 0.201. The number of ether oxygens (including phenoxy) is 1. The summed E-state index contributed by atoms with van der Waals surface area (Å²) in [6.07, 6.45) is 0. The summed E-state index contributed by atoms with van der Waals surface area (Å²) >= 11 is 0. The number of carbonyl (C=O) groups is 2. The summed E-state index contributed by atoms with van der Waals surface area (Å²) < 4.78 is 43.8.